The third kappa shape index (κ3) is 3.86. The first-order chi connectivity index (χ1) is 10.0. The smallest absolute Gasteiger partial charge is 0.387 e. The molecule has 118 valence electrons. The van der Waals surface area contributed by atoms with Crippen LogP contribution in [-0.4, -0.2) is 24.7 Å². The van der Waals surface area contributed by atoms with Crippen LogP contribution in [0.4, 0.5) is 8.78 Å². The number of alkyl halides is 3. The molecule has 0 aromatic heterocycles. The number of benzene rings is 1. The van der Waals surface area contributed by atoms with Gasteiger partial charge in [-0.15, -0.1) is 0 Å². The fourth-order valence-electron chi connectivity index (χ4n) is 2.30. The minimum atomic E-state index is -2.94. The fraction of sp³-hybridized carbons (Fsp3) is 0.571. The van der Waals surface area contributed by atoms with E-state index in [9.17, 15) is 8.78 Å². The SMILES string of the molecule is CCC1COC(CCBr)(c2ccc(Cl)cc2OC(F)F)O1. The van der Waals surface area contributed by atoms with Crippen LogP contribution in [0.1, 0.15) is 25.3 Å². The predicted molar refractivity (Wildman–Crippen MR) is 79.3 cm³/mol. The van der Waals surface area contributed by atoms with E-state index in [-0.39, 0.29) is 11.9 Å². The molecule has 3 nitrogen and oxygen atoms in total. The number of hydrogen-bond donors (Lipinski definition) is 0. The molecule has 0 radical (unpaired) electrons. The minimum Gasteiger partial charge on any atom is -0.434 e. The second-order valence-electron chi connectivity index (χ2n) is 4.67. The van der Waals surface area contributed by atoms with Crippen LogP contribution in [-0.2, 0) is 15.3 Å². The van der Waals surface area contributed by atoms with Crippen LogP contribution in [0.15, 0.2) is 18.2 Å². The standard InChI is InChI=1S/C14H16BrClF2O3/c1-2-10-8-19-14(21-10,5-6-15)11-4-3-9(16)7-12(11)20-13(17)18/h3-4,7,10,13H,2,5-6,8H2,1H3. The Morgan fingerprint density at radius 3 is 2.86 bits per heavy atom. The highest BCUT2D eigenvalue weighted by Crippen LogP contribution is 2.43. The summed E-state index contributed by atoms with van der Waals surface area (Å²) in [5, 5.41) is 0.911. The summed E-state index contributed by atoms with van der Waals surface area (Å²) >= 11 is 9.22. The van der Waals surface area contributed by atoms with E-state index in [1.807, 2.05) is 6.92 Å². The Kier molecular flexibility index (Phi) is 5.82. The van der Waals surface area contributed by atoms with Gasteiger partial charge in [-0.25, -0.2) is 0 Å². The van der Waals surface area contributed by atoms with E-state index < -0.39 is 12.4 Å². The molecule has 0 saturated carbocycles. The van der Waals surface area contributed by atoms with E-state index >= 15 is 0 Å². The number of rotatable bonds is 6. The summed E-state index contributed by atoms with van der Waals surface area (Å²) in [4.78, 5) is 0. The lowest BCUT2D eigenvalue weighted by Crippen LogP contribution is -2.29. The predicted octanol–water partition coefficient (Wildman–Crippen LogP) is 4.70. The topological polar surface area (TPSA) is 27.7 Å². The Bertz CT molecular complexity index is 489. The second-order valence-corrected chi connectivity index (χ2v) is 5.90. The van der Waals surface area contributed by atoms with Gasteiger partial charge in [0.15, 0.2) is 5.79 Å². The highest BCUT2D eigenvalue weighted by Gasteiger charge is 2.44. The molecule has 0 spiro atoms. The summed E-state index contributed by atoms with van der Waals surface area (Å²) in [5.41, 5.74) is 0.433. The fourth-order valence-corrected chi connectivity index (χ4v) is 2.99. The Hall–Kier alpha value is -0.430. The Morgan fingerprint density at radius 2 is 2.29 bits per heavy atom. The summed E-state index contributed by atoms with van der Waals surface area (Å²) in [6.07, 6.45) is 1.19. The van der Waals surface area contributed by atoms with Crippen LogP contribution in [0.5, 0.6) is 5.75 Å². The summed E-state index contributed by atoms with van der Waals surface area (Å²) in [7, 11) is 0. The number of halogens is 4. The van der Waals surface area contributed by atoms with Gasteiger partial charge in [-0.3, -0.25) is 0 Å². The maximum atomic E-state index is 12.6. The molecule has 0 aliphatic carbocycles. The first-order valence-corrected chi connectivity index (χ1v) is 8.13. The van der Waals surface area contributed by atoms with Crippen molar-refractivity contribution in [3.8, 4) is 5.75 Å². The lowest BCUT2D eigenvalue weighted by atomic mass is 10.0. The van der Waals surface area contributed by atoms with Gasteiger partial charge in [0.2, 0.25) is 0 Å². The van der Waals surface area contributed by atoms with Gasteiger partial charge >= 0.3 is 6.61 Å². The van der Waals surface area contributed by atoms with Crippen molar-refractivity contribution in [1.82, 2.24) is 0 Å². The summed E-state index contributed by atoms with van der Waals surface area (Å²) in [6, 6.07) is 4.57. The summed E-state index contributed by atoms with van der Waals surface area (Å²) < 4.78 is 41.6. The zero-order chi connectivity index (χ0) is 15.5. The van der Waals surface area contributed by atoms with Crippen molar-refractivity contribution < 1.29 is 23.0 Å². The quantitative estimate of drug-likeness (QED) is 0.664. The molecule has 0 N–H and O–H groups in total. The molecular weight excluding hydrogens is 370 g/mol. The molecule has 1 heterocycles. The summed E-state index contributed by atoms with van der Waals surface area (Å²) in [6.45, 7) is -0.539. The van der Waals surface area contributed by atoms with E-state index in [4.69, 9.17) is 21.1 Å². The van der Waals surface area contributed by atoms with E-state index in [0.29, 0.717) is 28.9 Å². The van der Waals surface area contributed by atoms with Crippen molar-refractivity contribution in [1.29, 1.82) is 0 Å². The van der Waals surface area contributed by atoms with E-state index in [1.165, 1.54) is 6.07 Å². The van der Waals surface area contributed by atoms with Crippen LogP contribution in [0.2, 0.25) is 5.02 Å². The van der Waals surface area contributed by atoms with Crippen LogP contribution in [0, 0.1) is 0 Å². The van der Waals surface area contributed by atoms with Crippen molar-refractivity contribution in [2.24, 2.45) is 0 Å². The van der Waals surface area contributed by atoms with Crippen molar-refractivity contribution >= 4 is 27.5 Å². The lowest BCUT2D eigenvalue weighted by Gasteiger charge is -2.29. The van der Waals surface area contributed by atoms with Gasteiger partial charge in [0.25, 0.3) is 0 Å². The first-order valence-electron chi connectivity index (χ1n) is 6.63. The third-order valence-corrected chi connectivity index (χ3v) is 3.94. The second kappa shape index (κ2) is 7.22. The van der Waals surface area contributed by atoms with Crippen molar-refractivity contribution in [2.45, 2.75) is 38.3 Å². The van der Waals surface area contributed by atoms with Crippen LogP contribution >= 0.6 is 27.5 Å². The highest BCUT2D eigenvalue weighted by molar-refractivity contribution is 9.09. The molecule has 0 bridgehead atoms. The van der Waals surface area contributed by atoms with Gasteiger partial charge in [-0.1, -0.05) is 34.5 Å². The number of ether oxygens (including phenoxy) is 3. The van der Waals surface area contributed by atoms with Crippen LogP contribution in [0.25, 0.3) is 0 Å². The molecule has 2 unspecified atom stereocenters. The van der Waals surface area contributed by atoms with E-state index in [0.717, 1.165) is 6.42 Å². The van der Waals surface area contributed by atoms with Gasteiger partial charge in [0.1, 0.15) is 5.75 Å². The Morgan fingerprint density at radius 1 is 1.52 bits per heavy atom. The normalized spacial score (nSPS) is 25.5. The van der Waals surface area contributed by atoms with Gasteiger partial charge in [-0.2, -0.15) is 8.78 Å². The lowest BCUT2D eigenvalue weighted by molar-refractivity contribution is -0.180. The third-order valence-electron chi connectivity index (χ3n) is 3.31. The highest BCUT2D eigenvalue weighted by atomic mass is 79.9. The number of hydrogen-bond acceptors (Lipinski definition) is 3. The average Bonchev–Trinajstić information content (AvgIpc) is 2.83. The molecule has 1 aromatic rings. The van der Waals surface area contributed by atoms with Crippen molar-refractivity contribution in [3.05, 3.63) is 28.8 Å². The van der Waals surface area contributed by atoms with E-state index in [2.05, 4.69) is 20.7 Å². The zero-order valence-electron chi connectivity index (χ0n) is 11.5. The van der Waals surface area contributed by atoms with Gasteiger partial charge in [-0.05, 0) is 24.6 Å². The molecule has 1 aliphatic heterocycles. The average molecular weight is 386 g/mol. The molecule has 1 saturated heterocycles. The first kappa shape index (κ1) is 16.9. The molecule has 7 heteroatoms. The zero-order valence-corrected chi connectivity index (χ0v) is 13.8. The molecule has 1 aliphatic rings. The van der Waals surface area contributed by atoms with Gasteiger partial charge in [0, 0.05) is 16.8 Å². The van der Waals surface area contributed by atoms with E-state index in [1.54, 1.807) is 12.1 Å². The Balaban J connectivity index is 2.40. The maximum Gasteiger partial charge on any atom is 0.387 e. The molecule has 21 heavy (non-hydrogen) atoms. The molecule has 1 fully saturated rings. The molecular formula is C14H16BrClF2O3. The molecule has 0 amide bonds. The van der Waals surface area contributed by atoms with Gasteiger partial charge < -0.3 is 14.2 Å². The van der Waals surface area contributed by atoms with Crippen molar-refractivity contribution in [2.75, 3.05) is 11.9 Å². The molecule has 1 aromatic carbocycles. The van der Waals surface area contributed by atoms with Crippen molar-refractivity contribution in [3.63, 3.8) is 0 Å². The monoisotopic (exact) mass is 384 g/mol. The summed E-state index contributed by atoms with van der Waals surface area (Å²) in [5.74, 6) is -1.10. The maximum absolute atomic E-state index is 12.6. The largest absolute Gasteiger partial charge is 0.434 e. The van der Waals surface area contributed by atoms with Crippen LogP contribution in [0.3, 0.4) is 0 Å². The Labute approximate surface area is 135 Å². The van der Waals surface area contributed by atoms with Gasteiger partial charge in [0.05, 0.1) is 18.3 Å². The minimum absolute atomic E-state index is 0.0183. The molecule has 2 rings (SSSR count). The van der Waals surface area contributed by atoms with Crippen LogP contribution < -0.4 is 4.74 Å². The molecule has 2 atom stereocenters.